The van der Waals surface area contributed by atoms with Crippen LogP contribution in [0.5, 0.6) is 0 Å². The summed E-state index contributed by atoms with van der Waals surface area (Å²) in [7, 11) is 0. The van der Waals surface area contributed by atoms with Crippen LogP contribution >= 0.6 is 0 Å². The van der Waals surface area contributed by atoms with Crippen LogP contribution in [0.3, 0.4) is 0 Å². The molecule has 0 bridgehead atoms. The Balaban J connectivity index is 2.06. The average Bonchev–Trinajstić information content (AvgIpc) is 2.58. The van der Waals surface area contributed by atoms with Gasteiger partial charge >= 0.3 is 0 Å². The molecule has 0 atom stereocenters. The third-order valence-corrected chi connectivity index (χ3v) is 4.62. The molecular formula is C21H21NO2. The molecule has 0 spiro atoms. The Bertz CT molecular complexity index is 992. The maximum absolute atomic E-state index is 12.2. The van der Waals surface area contributed by atoms with Gasteiger partial charge in [-0.2, -0.15) is 0 Å². The van der Waals surface area contributed by atoms with Crippen molar-refractivity contribution in [3.05, 3.63) is 79.1 Å². The fraction of sp³-hybridized carbons (Fsp3) is 0.238. The minimum absolute atomic E-state index is 0.402. The lowest BCUT2D eigenvalue weighted by molar-refractivity contribution is 1.14. The number of nitrogens with one attached hydrogen (secondary N) is 1. The summed E-state index contributed by atoms with van der Waals surface area (Å²) >= 11 is 0. The van der Waals surface area contributed by atoms with E-state index in [1.165, 1.54) is 11.1 Å². The van der Waals surface area contributed by atoms with Gasteiger partial charge in [0.25, 0.3) is 5.43 Å². The highest BCUT2D eigenvalue weighted by Crippen LogP contribution is 2.31. The van der Waals surface area contributed by atoms with E-state index in [9.17, 15) is 9.59 Å². The van der Waals surface area contributed by atoms with Gasteiger partial charge in [-0.1, -0.05) is 31.2 Å². The third kappa shape index (κ3) is 2.67. The molecule has 0 aromatic heterocycles. The summed E-state index contributed by atoms with van der Waals surface area (Å²) in [6, 6.07) is 12.0. The van der Waals surface area contributed by atoms with E-state index in [1.807, 2.05) is 51.1 Å². The number of hydrogen-bond acceptors (Lipinski definition) is 3. The van der Waals surface area contributed by atoms with Crippen LogP contribution in [0.2, 0.25) is 0 Å². The second-order valence-corrected chi connectivity index (χ2v) is 6.34. The molecule has 3 rings (SSSR count). The number of benzene rings is 2. The molecule has 0 heterocycles. The van der Waals surface area contributed by atoms with Crippen molar-refractivity contribution in [2.75, 3.05) is 5.32 Å². The highest BCUT2D eigenvalue weighted by atomic mass is 16.2. The summed E-state index contributed by atoms with van der Waals surface area (Å²) in [4.78, 5) is 24.3. The SMILES string of the molecule is CCc1cccc(Nc2c(-c3cc(C)c(C)cc3C)c(=O)c2=O)c1. The van der Waals surface area contributed by atoms with Gasteiger partial charge in [-0.05, 0) is 67.1 Å². The van der Waals surface area contributed by atoms with Crippen LogP contribution in [0.1, 0.15) is 29.2 Å². The van der Waals surface area contributed by atoms with Crippen molar-refractivity contribution in [1.29, 1.82) is 0 Å². The van der Waals surface area contributed by atoms with Crippen LogP contribution in [0.15, 0.2) is 46.0 Å². The van der Waals surface area contributed by atoms with E-state index in [1.54, 1.807) is 0 Å². The van der Waals surface area contributed by atoms with Crippen molar-refractivity contribution in [1.82, 2.24) is 0 Å². The van der Waals surface area contributed by atoms with Gasteiger partial charge < -0.3 is 5.32 Å². The minimum atomic E-state index is -0.440. The summed E-state index contributed by atoms with van der Waals surface area (Å²) in [6.07, 6.45) is 0.921. The molecule has 0 unspecified atom stereocenters. The van der Waals surface area contributed by atoms with Crippen molar-refractivity contribution < 1.29 is 0 Å². The van der Waals surface area contributed by atoms with Crippen molar-refractivity contribution in [2.45, 2.75) is 34.1 Å². The largest absolute Gasteiger partial charge is 0.352 e. The van der Waals surface area contributed by atoms with Crippen LogP contribution in [0.25, 0.3) is 11.1 Å². The first-order valence-electron chi connectivity index (χ1n) is 8.19. The fourth-order valence-corrected chi connectivity index (χ4v) is 3.01. The highest BCUT2D eigenvalue weighted by molar-refractivity contribution is 5.86. The molecule has 1 N–H and O–H groups in total. The smallest absolute Gasteiger partial charge is 0.250 e. The molecule has 0 aliphatic carbocycles. The van der Waals surface area contributed by atoms with Gasteiger partial charge in [0.05, 0.1) is 5.56 Å². The lowest BCUT2D eigenvalue weighted by atomic mass is 9.91. The minimum Gasteiger partial charge on any atom is -0.352 e. The first-order valence-corrected chi connectivity index (χ1v) is 8.19. The first-order chi connectivity index (χ1) is 11.4. The Labute approximate surface area is 141 Å². The molecule has 0 aliphatic heterocycles. The maximum Gasteiger partial charge on any atom is 0.250 e. The van der Waals surface area contributed by atoms with E-state index >= 15 is 0 Å². The number of anilines is 2. The van der Waals surface area contributed by atoms with Crippen LogP contribution in [-0.2, 0) is 6.42 Å². The third-order valence-electron chi connectivity index (χ3n) is 4.62. The predicted molar refractivity (Wildman–Crippen MR) is 100 cm³/mol. The van der Waals surface area contributed by atoms with Crippen molar-refractivity contribution in [2.24, 2.45) is 0 Å². The molecular weight excluding hydrogens is 298 g/mol. The van der Waals surface area contributed by atoms with Crippen LogP contribution in [-0.4, -0.2) is 0 Å². The standard InChI is InChI=1S/C21H21NO2/c1-5-15-7-6-8-16(11-15)22-19-18(20(23)21(19)24)17-10-13(3)12(2)9-14(17)4/h6-11,22H,5H2,1-4H3. The van der Waals surface area contributed by atoms with E-state index in [4.69, 9.17) is 0 Å². The summed E-state index contributed by atoms with van der Waals surface area (Å²) in [5, 5.41) is 3.15. The van der Waals surface area contributed by atoms with Gasteiger partial charge in [-0.25, -0.2) is 0 Å². The average molecular weight is 319 g/mol. The van der Waals surface area contributed by atoms with Gasteiger partial charge in [-0.3, -0.25) is 9.59 Å². The Hall–Kier alpha value is -2.68. The molecule has 0 saturated carbocycles. The Kier molecular flexibility index (Phi) is 4.10. The number of rotatable bonds is 4. The highest BCUT2D eigenvalue weighted by Gasteiger charge is 2.24. The summed E-state index contributed by atoms with van der Waals surface area (Å²) in [6.45, 7) is 8.12. The van der Waals surface area contributed by atoms with Crippen molar-refractivity contribution in [3.63, 3.8) is 0 Å². The molecule has 122 valence electrons. The zero-order valence-electron chi connectivity index (χ0n) is 14.5. The maximum atomic E-state index is 12.2. The molecule has 0 fully saturated rings. The van der Waals surface area contributed by atoms with Crippen LogP contribution in [0.4, 0.5) is 11.4 Å². The molecule has 24 heavy (non-hydrogen) atoms. The van der Waals surface area contributed by atoms with Crippen molar-refractivity contribution >= 4 is 11.4 Å². The summed E-state index contributed by atoms with van der Waals surface area (Å²) in [5.41, 5.74) is 6.23. The van der Waals surface area contributed by atoms with Crippen LogP contribution in [0, 0.1) is 20.8 Å². The second-order valence-electron chi connectivity index (χ2n) is 6.34. The first kappa shape index (κ1) is 16.2. The zero-order valence-corrected chi connectivity index (χ0v) is 14.5. The van der Waals surface area contributed by atoms with E-state index in [0.717, 1.165) is 28.8 Å². The summed E-state index contributed by atoms with van der Waals surface area (Å²) in [5.74, 6) is 0. The lowest BCUT2D eigenvalue weighted by Gasteiger charge is -2.17. The molecule has 0 radical (unpaired) electrons. The van der Waals surface area contributed by atoms with Gasteiger partial charge in [-0.15, -0.1) is 0 Å². The summed E-state index contributed by atoms with van der Waals surface area (Å²) < 4.78 is 0. The van der Waals surface area contributed by atoms with Gasteiger partial charge in [0, 0.05) is 5.69 Å². The fourth-order valence-electron chi connectivity index (χ4n) is 3.01. The molecule has 3 heteroatoms. The van der Waals surface area contributed by atoms with Gasteiger partial charge in [0.1, 0.15) is 5.69 Å². The lowest BCUT2D eigenvalue weighted by Crippen LogP contribution is -2.35. The van der Waals surface area contributed by atoms with E-state index < -0.39 is 10.9 Å². The molecule has 0 aliphatic rings. The molecule has 3 aromatic rings. The molecule has 3 aromatic carbocycles. The van der Waals surface area contributed by atoms with Gasteiger partial charge in [0.2, 0.25) is 5.43 Å². The van der Waals surface area contributed by atoms with E-state index in [2.05, 4.69) is 18.3 Å². The second kappa shape index (κ2) is 6.08. The topological polar surface area (TPSA) is 46.2 Å². The Morgan fingerprint density at radius 3 is 2.29 bits per heavy atom. The number of hydrogen-bond donors (Lipinski definition) is 1. The molecule has 0 amide bonds. The quantitative estimate of drug-likeness (QED) is 0.734. The van der Waals surface area contributed by atoms with Crippen LogP contribution < -0.4 is 16.2 Å². The Morgan fingerprint density at radius 1 is 0.875 bits per heavy atom. The van der Waals surface area contributed by atoms with E-state index in [-0.39, 0.29) is 0 Å². The number of aryl methyl sites for hydroxylation is 4. The normalized spacial score (nSPS) is 11.0. The molecule has 3 nitrogen and oxygen atoms in total. The predicted octanol–water partition coefficient (Wildman–Crippen LogP) is 4.18. The molecule has 0 saturated heterocycles. The van der Waals surface area contributed by atoms with E-state index in [0.29, 0.717) is 11.3 Å². The Morgan fingerprint density at radius 2 is 1.58 bits per heavy atom. The van der Waals surface area contributed by atoms with Crippen molar-refractivity contribution in [3.8, 4) is 11.1 Å². The monoisotopic (exact) mass is 319 g/mol. The zero-order chi connectivity index (χ0) is 17.4. The van der Waals surface area contributed by atoms with Gasteiger partial charge in [0.15, 0.2) is 0 Å².